The molecule has 0 N–H and O–H groups in total. The van der Waals surface area contributed by atoms with Crippen molar-refractivity contribution in [2.45, 2.75) is 32.9 Å². The Balaban J connectivity index is 2.83. The molecule has 152 valence electrons. The predicted octanol–water partition coefficient (Wildman–Crippen LogP) is 5.24. The standard InChI is InChI=1S/C16H14Cl2F3N3O4/c1-3-5-11-13(24(26)27)14(15(25)28-4-2)23(22-11)12-9(17)6-8(7-10(12)18)16(19,20)21/h6-7H,3-5H2,1-2H3. The number of carbonyl (C=O) groups excluding carboxylic acids is 1. The summed E-state index contributed by atoms with van der Waals surface area (Å²) in [4.78, 5) is 23.1. The number of hydrogen-bond donors (Lipinski definition) is 0. The van der Waals surface area contributed by atoms with Crippen LogP contribution < -0.4 is 0 Å². The SMILES string of the molecule is CCCc1nn(-c2c(Cl)cc(C(F)(F)F)cc2Cl)c(C(=O)OCC)c1[N+](=O)[O-]. The van der Waals surface area contributed by atoms with E-state index in [4.69, 9.17) is 27.9 Å². The Morgan fingerprint density at radius 1 is 1.29 bits per heavy atom. The summed E-state index contributed by atoms with van der Waals surface area (Å²) in [5, 5.41) is 14.6. The first-order chi connectivity index (χ1) is 13.0. The number of carbonyl (C=O) groups is 1. The van der Waals surface area contributed by atoms with Gasteiger partial charge in [0, 0.05) is 0 Å². The molecule has 0 radical (unpaired) electrons. The largest absolute Gasteiger partial charge is 0.461 e. The van der Waals surface area contributed by atoms with Crippen LogP contribution in [0, 0.1) is 10.1 Å². The third-order valence-corrected chi connectivity index (χ3v) is 4.20. The van der Waals surface area contributed by atoms with E-state index in [9.17, 15) is 28.1 Å². The highest BCUT2D eigenvalue weighted by molar-refractivity contribution is 6.38. The minimum absolute atomic E-state index is 0.0393. The van der Waals surface area contributed by atoms with Gasteiger partial charge in [-0.3, -0.25) is 10.1 Å². The number of rotatable bonds is 6. The second kappa shape index (κ2) is 8.36. The number of nitro groups is 1. The van der Waals surface area contributed by atoms with Gasteiger partial charge in [0.15, 0.2) is 0 Å². The van der Waals surface area contributed by atoms with Crippen LogP contribution in [-0.4, -0.2) is 27.3 Å². The molecule has 0 saturated heterocycles. The molecular weight excluding hydrogens is 426 g/mol. The summed E-state index contributed by atoms with van der Waals surface area (Å²) >= 11 is 12.0. The molecule has 1 aromatic heterocycles. The highest BCUT2D eigenvalue weighted by Crippen LogP contribution is 2.39. The van der Waals surface area contributed by atoms with Gasteiger partial charge in [0.25, 0.3) is 0 Å². The van der Waals surface area contributed by atoms with Crippen LogP contribution in [0.25, 0.3) is 5.69 Å². The van der Waals surface area contributed by atoms with Crippen molar-refractivity contribution >= 4 is 34.9 Å². The van der Waals surface area contributed by atoms with Crippen molar-refractivity contribution in [3.05, 3.63) is 49.2 Å². The molecule has 1 aromatic carbocycles. The molecule has 7 nitrogen and oxygen atoms in total. The van der Waals surface area contributed by atoms with E-state index in [2.05, 4.69) is 5.10 Å². The average Bonchev–Trinajstić information content (AvgIpc) is 2.93. The van der Waals surface area contributed by atoms with Gasteiger partial charge in [-0.05, 0) is 25.5 Å². The molecule has 1 heterocycles. The van der Waals surface area contributed by atoms with Crippen LogP contribution in [0.5, 0.6) is 0 Å². The van der Waals surface area contributed by atoms with E-state index in [-0.39, 0.29) is 24.4 Å². The van der Waals surface area contributed by atoms with Crippen LogP contribution in [0.3, 0.4) is 0 Å². The lowest BCUT2D eigenvalue weighted by Crippen LogP contribution is -2.15. The number of nitrogens with zero attached hydrogens (tertiary/aromatic N) is 3. The van der Waals surface area contributed by atoms with Crippen molar-refractivity contribution in [1.82, 2.24) is 9.78 Å². The number of aromatic nitrogens is 2. The molecule has 12 heteroatoms. The highest BCUT2D eigenvalue weighted by atomic mass is 35.5. The fourth-order valence-corrected chi connectivity index (χ4v) is 3.18. The minimum atomic E-state index is -4.71. The van der Waals surface area contributed by atoms with Crippen LogP contribution in [-0.2, 0) is 17.3 Å². The van der Waals surface area contributed by atoms with Gasteiger partial charge in [0.1, 0.15) is 11.4 Å². The van der Waals surface area contributed by atoms with E-state index >= 15 is 0 Å². The molecule has 2 aromatic rings. The Labute approximate surface area is 167 Å². The van der Waals surface area contributed by atoms with Crippen molar-refractivity contribution in [1.29, 1.82) is 0 Å². The van der Waals surface area contributed by atoms with Crippen molar-refractivity contribution in [2.24, 2.45) is 0 Å². The third kappa shape index (κ3) is 4.22. The van der Waals surface area contributed by atoms with Gasteiger partial charge in [-0.1, -0.05) is 36.5 Å². The third-order valence-electron chi connectivity index (χ3n) is 3.62. The maximum atomic E-state index is 13.0. The quantitative estimate of drug-likeness (QED) is 0.349. The number of benzene rings is 1. The zero-order chi connectivity index (χ0) is 21.2. The predicted molar refractivity (Wildman–Crippen MR) is 95.2 cm³/mol. The van der Waals surface area contributed by atoms with Gasteiger partial charge in [0.2, 0.25) is 5.69 Å². The number of aryl methyl sites for hydroxylation is 1. The number of hydrogen-bond acceptors (Lipinski definition) is 5. The molecule has 0 spiro atoms. The van der Waals surface area contributed by atoms with Gasteiger partial charge < -0.3 is 4.74 Å². The molecule has 0 bridgehead atoms. The topological polar surface area (TPSA) is 87.3 Å². The number of halogens is 5. The first-order valence-corrected chi connectivity index (χ1v) is 8.78. The van der Waals surface area contributed by atoms with Gasteiger partial charge in [-0.2, -0.15) is 18.3 Å². The molecule has 0 saturated carbocycles. The summed E-state index contributed by atoms with van der Waals surface area (Å²) in [6, 6.07) is 1.20. The molecule has 0 aliphatic rings. The molecular formula is C16H14Cl2F3N3O4. The summed E-state index contributed by atoms with van der Waals surface area (Å²) < 4.78 is 44.5. The zero-order valence-electron chi connectivity index (χ0n) is 14.6. The van der Waals surface area contributed by atoms with Gasteiger partial charge in [-0.15, -0.1) is 0 Å². The first-order valence-electron chi connectivity index (χ1n) is 8.02. The molecule has 0 unspecified atom stereocenters. The van der Waals surface area contributed by atoms with E-state index in [1.165, 1.54) is 6.92 Å². The van der Waals surface area contributed by atoms with Crippen LogP contribution >= 0.6 is 23.2 Å². The fraction of sp³-hybridized carbons (Fsp3) is 0.375. The Kier molecular flexibility index (Phi) is 6.56. The molecule has 2 rings (SSSR count). The van der Waals surface area contributed by atoms with Crippen LogP contribution in [0.2, 0.25) is 10.0 Å². The van der Waals surface area contributed by atoms with E-state index in [1.807, 2.05) is 0 Å². The molecule has 0 aliphatic heterocycles. The van der Waals surface area contributed by atoms with Crippen molar-refractivity contribution < 1.29 is 27.6 Å². The summed E-state index contributed by atoms with van der Waals surface area (Å²) in [5.74, 6) is -1.07. The zero-order valence-corrected chi connectivity index (χ0v) is 16.2. The van der Waals surface area contributed by atoms with Crippen LogP contribution in [0.1, 0.15) is 42.0 Å². The summed E-state index contributed by atoms with van der Waals surface area (Å²) in [7, 11) is 0. The Hall–Kier alpha value is -2.33. The average molecular weight is 440 g/mol. The molecule has 0 fully saturated rings. The fourth-order valence-electron chi connectivity index (χ4n) is 2.53. The van der Waals surface area contributed by atoms with Gasteiger partial charge in [0.05, 0.1) is 27.1 Å². The normalized spacial score (nSPS) is 11.5. The van der Waals surface area contributed by atoms with Crippen LogP contribution in [0.4, 0.5) is 18.9 Å². The van der Waals surface area contributed by atoms with Gasteiger partial charge >= 0.3 is 17.8 Å². The van der Waals surface area contributed by atoms with E-state index in [0.717, 1.165) is 4.68 Å². The lowest BCUT2D eigenvalue weighted by Gasteiger charge is -2.13. The van der Waals surface area contributed by atoms with Crippen molar-refractivity contribution in [3.8, 4) is 5.69 Å². The van der Waals surface area contributed by atoms with Crippen molar-refractivity contribution in [2.75, 3.05) is 6.61 Å². The molecule has 0 atom stereocenters. The maximum absolute atomic E-state index is 13.0. The van der Waals surface area contributed by atoms with Gasteiger partial charge in [-0.25, -0.2) is 9.48 Å². The molecule has 0 amide bonds. The number of ether oxygens (including phenoxy) is 1. The first kappa shape index (κ1) is 22.0. The number of alkyl halides is 3. The smallest absolute Gasteiger partial charge is 0.416 e. The molecule has 28 heavy (non-hydrogen) atoms. The van der Waals surface area contributed by atoms with E-state index < -0.39 is 44.1 Å². The lowest BCUT2D eigenvalue weighted by molar-refractivity contribution is -0.386. The van der Waals surface area contributed by atoms with E-state index in [0.29, 0.717) is 18.6 Å². The Bertz CT molecular complexity index is 906. The number of esters is 1. The maximum Gasteiger partial charge on any atom is 0.416 e. The van der Waals surface area contributed by atoms with Crippen LogP contribution in [0.15, 0.2) is 12.1 Å². The minimum Gasteiger partial charge on any atom is -0.461 e. The Morgan fingerprint density at radius 3 is 2.29 bits per heavy atom. The summed E-state index contributed by atoms with van der Waals surface area (Å²) in [5.41, 5.74) is -2.61. The Morgan fingerprint density at radius 2 is 1.86 bits per heavy atom. The second-order valence-electron chi connectivity index (χ2n) is 5.57. The highest BCUT2D eigenvalue weighted by Gasteiger charge is 2.37. The monoisotopic (exact) mass is 439 g/mol. The summed E-state index contributed by atoms with van der Waals surface area (Å²) in [6.07, 6.45) is -4.10. The summed E-state index contributed by atoms with van der Waals surface area (Å²) in [6.45, 7) is 3.15. The molecule has 0 aliphatic carbocycles. The van der Waals surface area contributed by atoms with Crippen molar-refractivity contribution in [3.63, 3.8) is 0 Å². The van der Waals surface area contributed by atoms with E-state index in [1.54, 1.807) is 6.92 Å². The second-order valence-corrected chi connectivity index (χ2v) is 6.38. The lowest BCUT2D eigenvalue weighted by atomic mass is 10.2.